The number of amides is 3. The zero-order valence-corrected chi connectivity index (χ0v) is 17.2. The fourth-order valence-electron chi connectivity index (χ4n) is 4.03. The highest BCUT2D eigenvalue weighted by Crippen LogP contribution is 2.32. The van der Waals surface area contributed by atoms with Crippen molar-refractivity contribution in [3.05, 3.63) is 53.1 Å². The Labute approximate surface area is 179 Å². The predicted octanol–water partition coefficient (Wildman–Crippen LogP) is 3.03. The third kappa shape index (κ3) is 4.11. The average molecular weight is 427 g/mol. The molecule has 30 heavy (non-hydrogen) atoms. The molecule has 0 aliphatic carbocycles. The smallest absolute Gasteiger partial charge is 0.248 e. The minimum atomic E-state index is -0.554. The molecule has 2 aromatic carbocycles. The Hall–Kier alpha value is -3.06. The van der Waals surface area contributed by atoms with E-state index in [-0.39, 0.29) is 24.8 Å². The SMILES string of the molecule is NC(=O)c1ccc(N2CCCC2)c(NC(=O)C2CC(=O)N(c3cccc(Cl)c3)C2)c1. The first kappa shape index (κ1) is 20.2. The van der Waals surface area contributed by atoms with Crippen molar-refractivity contribution in [3.63, 3.8) is 0 Å². The number of hydrogen-bond donors (Lipinski definition) is 2. The number of nitrogens with one attached hydrogen (secondary N) is 1. The summed E-state index contributed by atoms with van der Waals surface area (Å²) in [7, 11) is 0. The van der Waals surface area contributed by atoms with Crippen molar-refractivity contribution in [2.75, 3.05) is 34.8 Å². The molecule has 3 amide bonds. The second kappa shape index (κ2) is 8.36. The number of benzene rings is 2. The summed E-state index contributed by atoms with van der Waals surface area (Å²) in [5.74, 6) is -1.43. The number of rotatable bonds is 5. The van der Waals surface area contributed by atoms with Crippen LogP contribution in [0.25, 0.3) is 0 Å². The first-order chi connectivity index (χ1) is 14.4. The summed E-state index contributed by atoms with van der Waals surface area (Å²) >= 11 is 6.04. The first-order valence-corrected chi connectivity index (χ1v) is 10.4. The van der Waals surface area contributed by atoms with Crippen molar-refractivity contribution in [3.8, 4) is 0 Å². The van der Waals surface area contributed by atoms with Gasteiger partial charge in [0.15, 0.2) is 0 Å². The number of carbonyl (C=O) groups is 3. The van der Waals surface area contributed by atoms with Crippen LogP contribution in [0.2, 0.25) is 5.02 Å². The minimum absolute atomic E-state index is 0.118. The van der Waals surface area contributed by atoms with Gasteiger partial charge in [0.25, 0.3) is 0 Å². The van der Waals surface area contributed by atoms with Gasteiger partial charge >= 0.3 is 0 Å². The maximum atomic E-state index is 13.0. The van der Waals surface area contributed by atoms with E-state index in [0.29, 0.717) is 22.0 Å². The molecule has 1 atom stereocenters. The summed E-state index contributed by atoms with van der Waals surface area (Å²) in [6.07, 6.45) is 2.28. The van der Waals surface area contributed by atoms with Gasteiger partial charge in [-0.3, -0.25) is 14.4 Å². The highest BCUT2D eigenvalue weighted by Gasteiger charge is 2.35. The molecule has 2 saturated heterocycles. The van der Waals surface area contributed by atoms with Gasteiger partial charge in [0.05, 0.1) is 17.3 Å². The van der Waals surface area contributed by atoms with Crippen molar-refractivity contribution >= 4 is 46.4 Å². The number of nitrogens with zero attached hydrogens (tertiary/aromatic N) is 2. The summed E-state index contributed by atoms with van der Waals surface area (Å²) in [5.41, 5.74) is 7.84. The molecule has 7 nitrogen and oxygen atoms in total. The summed E-state index contributed by atoms with van der Waals surface area (Å²) in [6.45, 7) is 2.06. The van der Waals surface area contributed by atoms with Crippen LogP contribution in [0.1, 0.15) is 29.6 Å². The van der Waals surface area contributed by atoms with Crippen LogP contribution < -0.4 is 20.9 Å². The zero-order valence-electron chi connectivity index (χ0n) is 16.4. The van der Waals surface area contributed by atoms with Crippen LogP contribution in [0.15, 0.2) is 42.5 Å². The molecule has 0 saturated carbocycles. The molecule has 2 aliphatic heterocycles. The number of anilines is 3. The van der Waals surface area contributed by atoms with Crippen LogP contribution in [0, 0.1) is 5.92 Å². The molecule has 3 N–H and O–H groups in total. The highest BCUT2D eigenvalue weighted by molar-refractivity contribution is 6.31. The fraction of sp³-hybridized carbons (Fsp3) is 0.318. The molecule has 4 rings (SSSR count). The lowest BCUT2D eigenvalue weighted by Crippen LogP contribution is -2.29. The van der Waals surface area contributed by atoms with Gasteiger partial charge in [-0.1, -0.05) is 17.7 Å². The van der Waals surface area contributed by atoms with E-state index < -0.39 is 11.8 Å². The molecule has 2 aliphatic rings. The summed E-state index contributed by atoms with van der Waals surface area (Å²) < 4.78 is 0. The normalized spacial score (nSPS) is 18.7. The lowest BCUT2D eigenvalue weighted by molar-refractivity contribution is -0.122. The maximum Gasteiger partial charge on any atom is 0.248 e. The van der Waals surface area contributed by atoms with E-state index in [9.17, 15) is 14.4 Å². The minimum Gasteiger partial charge on any atom is -0.370 e. The molecule has 2 fully saturated rings. The van der Waals surface area contributed by atoms with Crippen molar-refractivity contribution in [2.24, 2.45) is 11.7 Å². The van der Waals surface area contributed by atoms with Gasteiger partial charge < -0.3 is 20.9 Å². The molecule has 2 heterocycles. The predicted molar refractivity (Wildman–Crippen MR) is 117 cm³/mol. The first-order valence-electron chi connectivity index (χ1n) is 9.98. The standard InChI is InChI=1S/C22H23ClN4O3/c23-16-4-3-5-17(12-16)27-13-15(11-20(27)28)22(30)25-18-10-14(21(24)29)6-7-19(18)26-8-1-2-9-26/h3-7,10,12,15H,1-2,8-9,11,13H2,(H2,24,29)(H,25,30). The quantitative estimate of drug-likeness (QED) is 0.768. The molecule has 2 aromatic rings. The van der Waals surface area contributed by atoms with Gasteiger partial charge in [-0.25, -0.2) is 0 Å². The molecular weight excluding hydrogens is 404 g/mol. The van der Waals surface area contributed by atoms with E-state index in [1.54, 1.807) is 41.3 Å². The maximum absolute atomic E-state index is 13.0. The number of halogens is 1. The highest BCUT2D eigenvalue weighted by atomic mass is 35.5. The Kier molecular flexibility index (Phi) is 5.63. The molecule has 1 unspecified atom stereocenters. The second-order valence-electron chi connectivity index (χ2n) is 7.66. The molecule has 0 spiro atoms. The van der Waals surface area contributed by atoms with Crippen molar-refractivity contribution in [2.45, 2.75) is 19.3 Å². The Morgan fingerprint density at radius 2 is 1.87 bits per heavy atom. The lowest BCUT2D eigenvalue weighted by Gasteiger charge is -2.23. The average Bonchev–Trinajstić information content (AvgIpc) is 3.38. The van der Waals surface area contributed by atoms with Gasteiger partial charge in [0.2, 0.25) is 17.7 Å². The van der Waals surface area contributed by atoms with Gasteiger partial charge in [0.1, 0.15) is 0 Å². The molecule has 8 heteroatoms. The van der Waals surface area contributed by atoms with E-state index in [2.05, 4.69) is 10.2 Å². The van der Waals surface area contributed by atoms with Gasteiger partial charge in [-0.2, -0.15) is 0 Å². The van der Waals surface area contributed by atoms with E-state index in [1.807, 2.05) is 6.07 Å². The Morgan fingerprint density at radius 1 is 1.10 bits per heavy atom. The van der Waals surface area contributed by atoms with Gasteiger partial charge in [-0.05, 0) is 49.2 Å². The van der Waals surface area contributed by atoms with Gasteiger partial charge in [-0.15, -0.1) is 0 Å². The molecule has 0 radical (unpaired) electrons. The Morgan fingerprint density at radius 3 is 2.57 bits per heavy atom. The fourth-order valence-corrected chi connectivity index (χ4v) is 4.22. The van der Waals surface area contributed by atoms with E-state index in [0.717, 1.165) is 31.6 Å². The largest absolute Gasteiger partial charge is 0.370 e. The van der Waals surface area contributed by atoms with Crippen LogP contribution in [-0.4, -0.2) is 37.4 Å². The molecule has 156 valence electrons. The zero-order chi connectivity index (χ0) is 21.3. The molecule has 0 aromatic heterocycles. The van der Waals surface area contributed by atoms with Gasteiger partial charge in [0, 0.05) is 42.3 Å². The Balaban J connectivity index is 1.54. The van der Waals surface area contributed by atoms with Crippen LogP contribution in [0.5, 0.6) is 0 Å². The van der Waals surface area contributed by atoms with Crippen LogP contribution >= 0.6 is 11.6 Å². The summed E-state index contributed by atoms with van der Waals surface area (Å²) in [6, 6.07) is 12.1. The van der Waals surface area contributed by atoms with Crippen LogP contribution in [0.4, 0.5) is 17.1 Å². The van der Waals surface area contributed by atoms with Crippen molar-refractivity contribution in [1.82, 2.24) is 0 Å². The number of primary amides is 1. The number of carbonyl (C=O) groups excluding carboxylic acids is 3. The summed E-state index contributed by atoms with van der Waals surface area (Å²) in [4.78, 5) is 40.9. The lowest BCUT2D eigenvalue weighted by atomic mass is 10.1. The number of nitrogens with two attached hydrogens (primary N) is 1. The molecule has 0 bridgehead atoms. The topological polar surface area (TPSA) is 95.7 Å². The third-order valence-electron chi connectivity index (χ3n) is 5.60. The van der Waals surface area contributed by atoms with Crippen molar-refractivity contribution < 1.29 is 14.4 Å². The van der Waals surface area contributed by atoms with Crippen LogP contribution in [-0.2, 0) is 9.59 Å². The van der Waals surface area contributed by atoms with E-state index >= 15 is 0 Å². The van der Waals surface area contributed by atoms with E-state index in [4.69, 9.17) is 17.3 Å². The molecular formula is C22H23ClN4O3. The van der Waals surface area contributed by atoms with E-state index in [1.165, 1.54) is 0 Å². The number of hydrogen-bond acceptors (Lipinski definition) is 4. The second-order valence-corrected chi connectivity index (χ2v) is 8.10. The van der Waals surface area contributed by atoms with Crippen LogP contribution in [0.3, 0.4) is 0 Å². The third-order valence-corrected chi connectivity index (χ3v) is 5.84. The van der Waals surface area contributed by atoms with Crippen molar-refractivity contribution in [1.29, 1.82) is 0 Å². The monoisotopic (exact) mass is 426 g/mol. The Bertz CT molecular complexity index is 1000. The summed E-state index contributed by atoms with van der Waals surface area (Å²) in [5, 5.41) is 3.47.